The first kappa shape index (κ1) is 29.8. The Balaban J connectivity index is 0.000000437. The van der Waals surface area contributed by atoms with Crippen molar-refractivity contribution in [1.29, 1.82) is 0 Å². The van der Waals surface area contributed by atoms with Crippen LogP contribution in [0.2, 0.25) is 10.2 Å². The molecule has 2 rings (SSSR count). The SMILES string of the molecule is CCCCCCCCCCNc1cc(C(F)(F)F)cnc1NC.O=C(O)c1nc(Cl)ccc1Cl. The van der Waals surface area contributed by atoms with Crippen LogP contribution >= 0.6 is 23.2 Å². The van der Waals surface area contributed by atoms with E-state index in [0.29, 0.717) is 18.1 Å². The second kappa shape index (κ2) is 15.6. The van der Waals surface area contributed by atoms with Crippen molar-refractivity contribution in [1.82, 2.24) is 9.97 Å². The molecule has 0 aliphatic carbocycles. The van der Waals surface area contributed by atoms with Crippen LogP contribution < -0.4 is 10.6 Å². The molecular formula is C23H31Cl2F3N4O2. The Morgan fingerprint density at radius 2 is 1.68 bits per heavy atom. The quantitative estimate of drug-likeness (QED) is 0.195. The van der Waals surface area contributed by atoms with Crippen LogP contribution in [0.25, 0.3) is 0 Å². The van der Waals surface area contributed by atoms with Crippen LogP contribution in [-0.4, -0.2) is 34.6 Å². The number of nitrogens with zero attached hydrogens (tertiary/aromatic N) is 2. The third kappa shape index (κ3) is 11.2. The fraction of sp³-hybridized carbons (Fsp3) is 0.522. The summed E-state index contributed by atoms with van der Waals surface area (Å²) in [6.07, 6.45) is 6.10. The van der Waals surface area contributed by atoms with E-state index in [4.69, 9.17) is 28.3 Å². The Hall–Kier alpha value is -2.26. The maximum Gasteiger partial charge on any atom is 0.417 e. The molecule has 0 aliphatic rings. The predicted molar refractivity (Wildman–Crippen MR) is 131 cm³/mol. The minimum absolute atomic E-state index is 0.0851. The third-order valence-corrected chi connectivity index (χ3v) is 5.33. The van der Waals surface area contributed by atoms with Crippen molar-refractivity contribution in [2.45, 2.75) is 64.5 Å². The van der Waals surface area contributed by atoms with Gasteiger partial charge in [-0.15, -0.1) is 0 Å². The number of nitrogens with one attached hydrogen (secondary N) is 2. The molecule has 0 saturated carbocycles. The van der Waals surface area contributed by atoms with Crippen molar-refractivity contribution in [2.75, 3.05) is 24.2 Å². The molecule has 34 heavy (non-hydrogen) atoms. The van der Waals surface area contributed by atoms with Crippen LogP contribution in [0.1, 0.15) is 74.3 Å². The number of aromatic nitrogens is 2. The standard InChI is InChI=1S/C17H28F3N3.C6H3Cl2NO2/c1-3-4-5-6-7-8-9-10-11-22-15-12-14(17(18,19)20)13-23-16(15)21-2;7-3-1-2-4(8)9-5(3)6(10)11/h12-13,22H,3-11H2,1-2H3,(H,21,23);1-2H,(H,10,11). The number of pyridine rings is 2. The van der Waals surface area contributed by atoms with Gasteiger partial charge in [-0.25, -0.2) is 14.8 Å². The molecule has 0 aliphatic heterocycles. The minimum Gasteiger partial charge on any atom is -0.476 e. The highest BCUT2D eigenvalue weighted by Crippen LogP contribution is 2.32. The highest BCUT2D eigenvalue weighted by molar-refractivity contribution is 6.34. The number of alkyl halides is 3. The molecule has 2 aromatic rings. The van der Waals surface area contributed by atoms with Crippen molar-refractivity contribution in [2.24, 2.45) is 0 Å². The number of carbonyl (C=O) groups is 1. The number of halogens is 5. The predicted octanol–water partition coefficient (Wildman–Crippen LogP) is 7.78. The van der Waals surface area contributed by atoms with Crippen LogP contribution in [-0.2, 0) is 6.18 Å². The van der Waals surface area contributed by atoms with Crippen molar-refractivity contribution in [3.63, 3.8) is 0 Å². The number of carboxylic acids is 1. The van der Waals surface area contributed by atoms with Gasteiger partial charge in [0.05, 0.1) is 16.3 Å². The number of rotatable bonds is 12. The molecule has 3 N–H and O–H groups in total. The Morgan fingerprint density at radius 3 is 2.21 bits per heavy atom. The van der Waals surface area contributed by atoms with Gasteiger partial charge in [0.2, 0.25) is 0 Å². The largest absolute Gasteiger partial charge is 0.476 e. The normalized spacial score (nSPS) is 10.9. The highest BCUT2D eigenvalue weighted by atomic mass is 35.5. The summed E-state index contributed by atoms with van der Waals surface area (Å²) in [7, 11) is 1.65. The molecular weight excluding hydrogens is 492 g/mol. The van der Waals surface area contributed by atoms with E-state index in [1.165, 1.54) is 50.7 Å². The lowest BCUT2D eigenvalue weighted by Crippen LogP contribution is -2.10. The topological polar surface area (TPSA) is 87.1 Å². The van der Waals surface area contributed by atoms with Gasteiger partial charge in [-0.2, -0.15) is 13.2 Å². The Bertz CT molecular complexity index is 899. The molecule has 190 valence electrons. The van der Waals surface area contributed by atoms with E-state index >= 15 is 0 Å². The van der Waals surface area contributed by atoms with Gasteiger partial charge in [0.25, 0.3) is 0 Å². The summed E-state index contributed by atoms with van der Waals surface area (Å²) in [4.78, 5) is 17.7. The molecule has 0 unspecified atom stereocenters. The first-order valence-electron chi connectivity index (χ1n) is 11.1. The van der Waals surface area contributed by atoms with Gasteiger partial charge in [-0.3, -0.25) is 0 Å². The van der Waals surface area contributed by atoms with Crippen LogP contribution in [0.15, 0.2) is 24.4 Å². The number of unbranched alkanes of at least 4 members (excludes halogenated alkanes) is 7. The van der Waals surface area contributed by atoms with Crippen molar-refractivity contribution in [3.05, 3.63) is 45.8 Å². The van der Waals surface area contributed by atoms with Gasteiger partial charge in [-0.05, 0) is 24.6 Å². The summed E-state index contributed by atoms with van der Waals surface area (Å²) in [5, 5.41) is 14.6. The zero-order valence-corrected chi connectivity index (χ0v) is 20.8. The molecule has 0 atom stereocenters. The molecule has 0 saturated heterocycles. The Morgan fingerprint density at radius 1 is 1.06 bits per heavy atom. The second-order valence-electron chi connectivity index (χ2n) is 7.54. The molecule has 11 heteroatoms. The Kier molecular flexibility index (Phi) is 13.7. The van der Waals surface area contributed by atoms with Gasteiger partial charge < -0.3 is 15.7 Å². The zero-order valence-electron chi connectivity index (χ0n) is 19.3. The smallest absolute Gasteiger partial charge is 0.417 e. The molecule has 0 bridgehead atoms. The Labute approximate surface area is 208 Å². The second-order valence-corrected chi connectivity index (χ2v) is 8.33. The van der Waals surface area contributed by atoms with E-state index < -0.39 is 17.7 Å². The van der Waals surface area contributed by atoms with Crippen molar-refractivity contribution in [3.8, 4) is 0 Å². The summed E-state index contributed by atoms with van der Waals surface area (Å²) in [6.45, 7) is 2.86. The lowest BCUT2D eigenvalue weighted by atomic mass is 10.1. The number of aromatic carboxylic acids is 1. The maximum atomic E-state index is 12.7. The van der Waals surface area contributed by atoms with Crippen LogP contribution in [0, 0.1) is 0 Å². The lowest BCUT2D eigenvalue weighted by Gasteiger charge is -2.14. The molecule has 2 heterocycles. The number of anilines is 2. The van der Waals surface area contributed by atoms with E-state index in [1.807, 2.05) is 0 Å². The minimum atomic E-state index is -4.37. The first-order valence-corrected chi connectivity index (χ1v) is 11.9. The van der Waals surface area contributed by atoms with E-state index in [2.05, 4.69) is 27.5 Å². The molecule has 6 nitrogen and oxygen atoms in total. The van der Waals surface area contributed by atoms with Crippen LogP contribution in [0.5, 0.6) is 0 Å². The number of hydrogen-bond acceptors (Lipinski definition) is 5. The third-order valence-electron chi connectivity index (χ3n) is 4.81. The van der Waals surface area contributed by atoms with E-state index in [9.17, 15) is 18.0 Å². The molecule has 0 fully saturated rings. The van der Waals surface area contributed by atoms with Gasteiger partial charge in [-0.1, -0.05) is 75.1 Å². The van der Waals surface area contributed by atoms with E-state index in [-0.39, 0.29) is 15.9 Å². The van der Waals surface area contributed by atoms with Gasteiger partial charge in [0.15, 0.2) is 5.69 Å². The van der Waals surface area contributed by atoms with E-state index in [0.717, 1.165) is 25.1 Å². The van der Waals surface area contributed by atoms with E-state index in [1.54, 1.807) is 7.05 Å². The lowest BCUT2D eigenvalue weighted by molar-refractivity contribution is -0.137. The monoisotopic (exact) mass is 522 g/mol. The summed E-state index contributed by atoms with van der Waals surface area (Å²) < 4.78 is 38.2. The maximum absolute atomic E-state index is 12.7. The zero-order chi connectivity index (χ0) is 25.6. The molecule has 0 radical (unpaired) electrons. The fourth-order valence-electron chi connectivity index (χ4n) is 3.00. The summed E-state index contributed by atoms with van der Waals surface area (Å²) in [5.41, 5.74) is -0.542. The number of hydrogen-bond donors (Lipinski definition) is 3. The number of carboxylic acid groups (broad SMARTS) is 1. The first-order chi connectivity index (χ1) is 16.1. The molecule has 0 spiro atoms. The highest BCUT2D eigenvalue weighted by Gasteiger charge is 2.31. The van der Waals surface area contributed by atoms with Gasteiger partial charge in [0, 0.05) is 19.8 Å². The average molecular weight is 523 g/mol. The van der Waals surface area contributed by atoms with Crippen LogP contribution in [0.4, 0.5) is 24.7 Å². The molecule has 0 aromatic carbocycles. The average Bonchev–Trinajstić information content (AvgIpc) is 2.79. The van der Waals surface area contributed by atoms with Gasteiger partial charge >= 0.3 is 12.1 Å². The van der Waals surface area contributed by atoms with Crippen LogP contribution in [0.3, 0.4) is 0 Å². The summed E-state index contributed by atoms with van der Waals surface area (Å²) in [6, 6.07) is 3.93. The fourth-order valence-corrected chi connectivity index (χ4v) is 3.34. The molecule has 2 aromatic heterocycles. The molecule has 0 amide bonds. The summed E-state index contributed by atoms with van der Waals surface area (Å²) >= 11 is 10.9. The van der Waals surface area contributed by atoms with Crippen molar-refractivity contribution < 1.29 is 23.1 Å². The van der Waals surface area contributed by atoms with Crippen molar-refractivity contribution >= 4 is 40.7 Å². The van der Waals surface area contributed by atoms with Gasteiger partial charge in [0.1, 0.15) is 11.0 Å². The summed E-state index contributed by atoms with van der Waals surface area (Å²) in [5.74, 6) is -0.741.